The largest absolute Gasteiger partial charge is 0.496 e. The third-order valence-corrected chi connectivity index (χ3v) is 2.57. The van der Waals surface area contributed by atoms with Gasteiger partial charge in [-0.2, -0.15) is 0 Å². The lowest BCUT2D eigenvalue weighted by atomic mass is 9.99. The third kappa shape index (κ3) is 3.08. The highest BCUT2D eigenvalue weighted by Crippen LogP contribution is 2.33. The summed E-state index contributed by atoms with van der Waals surface area (Å²) in [5.41, 5.74) is 1.89. The van der Waals surface area contributed by atoms with Crippen molar-refractivity contribution in [2.24, 2.45) is 4.99 Å². The van der Waals surface area contributed by atoms with E-state index in [4.69, 9.17) is 9.47 Å². The summed E-state index contributed by atoms with van der Waals surface area (Å²) in [5.74, 6) is 1.84. The summed E-state index contributed by atoms with van der Waals surface area (Å²) in [7, 11) is 3.22. The molecule has 1 aromatic rings. The second kappa shape index (κ2) is 6.06. The van der Waals surface area contributed by atoms with E-state index in [1.54, 1.807) is 14.2 Å². The Labute approximate surface area is 101 Å². The number of benzene rings is 1. The topological polar surface area (TPSA) is 47.9 Å². The van der Waals surface area contributed by atoms with Crippen LogP contribution in [0.15, 0.2) is 17.1 Å². The normalized spacial score (nSPS) is 9.94. The molecule has 0 heterocycles. The van der Waals surface area contributed by atoms with Crippen LogP contribution >= 0.6 is 0 Å². The number of rotatable bonds is 5. The molecule has 0 bridgehead atoms. The smallest absolute Gasteiger partial charge is 0.235 e. The van der Waals surface area contributed by atoms with Gasteiger partial charge < -0.3 is 9.47 Å². The fourth-order valence-corrected chi connectivity index (χ4v) is 1.68. The molecule has 0 aromatic heterocycles. The number of ether oxygens (including phenoxy) is 2. The van der Waals surface area contributed by atoms with Crippen molar-refractivity contribution >= 4 is 6.08 Å². The average molecular weight is 235 g/mol. The van der Waals surface area contributed by atoms with Crippen LogP contribution in [-0.4, -0.2) is 20.3 Å². The fraction of sp³-hybridized carbons (Fsp3) is 0.462. The third-order valence-electron chi connectivity index (χ3n) is 2.57. The summed E-state index contributed by atoms with van der Waals surface area (Å²) in [6.07, 6.45) is 1.52. The lowest BCUT2D eigenvalue weighted by Crippen LogP contribution is -1.99. The molecule has 0 N–H and O–H groups in total. The maximum Gasteiger partial charge on any atom is 0.235 e. The molecule has 0 spiro atoms. The molecule has 0 aliphatic carbocycles. The van der Waals surface area contributed by atoms with Crippen LogP contribution in [0.3, 0.4) is 0 Å². The standard InChI is InChI=1S/C13H17NO3/c1-9(2)11-6-12(16-3)10(7-14-8-15)5-13(11)17-4/h5-6,9H,7H2,1-4H3. The molecule has 0 unspecified atom stereocenters. The van der Waals surface area contributed by atoms with Gasteiger partial charge >= 0.3 is 0 Å². The Balaban J connectivity index is 3.26. The minimum Gasteiger partial charge on any atom is -0.496 e. The van der Waals surface area contributed by atoms with Gasteiger partial charge in [0.25, 0.3) is 0 Å². The van der Waals surface area contributed by atoms with Crippen LogP contribution in [0, 0.1) is 0 Å². The first-order valence-electron chi connectivity index (χ1n) is 5.42. The van der Waals surface area contributed by atoms with E-state index in [2.05, 4.69) is 18.8 Å². The highest BCUT2D eigenvalue weighted by Gasteiger charge is 2.13. The summed E-state index contributed by atoms with van der Waals surface area (Å²) < 4.78 is 10.6. The van der Waals surface area contributed by atoms with Gasteiger partial charge in [-0.1, -0.05) is 13.8 Å². The predicted octanol–water partition coefficient (Wildman–Crippen LogP) is 2.66. The first-order valence-corrected chi connectivity index (χ1v) is 5.42. The van der Waals surface area contributed by atoms with Gasteiger partial charge in [0.1, 0.15) is 11.5 Å². The van der Waals surface area contributed by atoms with Crippen molar-refractivity contribution in [3.63, 3.8) is 0 Å². The van der Waals surface area contributed by atoms with Gasteiger partial charge in [-0.25, -0.2) is 9.79 Å². The van der Waals surface area contributed by atoms with Crippen LogP contribution in [0.5, 0.6) is 11.5 Å². The number of methoxy groups -OCH3 is 2. The van der Waals surface area contributed by atoms with E-state index in [1.165, 1.54) is 6.08 Å². The number of aliphatic imine (C=N–C) groups is 1. The van der Waals surface area contributed by atoms with Crippen LogP contribution in [0.4, 0.5) is 0 Å². The molecular formula is C13H17NO3. The van der Waals surface area contributed by atoms with Crippen molar-refractivity contribution in [2.75, 3.05) is 14.2 Å². The Bertz CT molecular complexity index is 435. The molecule has 1 aromatic carbocycles. The van der Waals surface area contributed by atoms with Gasteiger partial charge in [-0.15, -0.1) is 0 Å². The summed E-state index contributed by atoms with van der Waals surface area (Å²) >= 11 is 0. The minimum atomic E-state index is 0.251. The van der Waals surface area contributed by atoms with E-state index in [0.717, 1.165) is 16.9 Å². The van der Waals surface area contributed by atoms with Gasteiger partial charge in [-0.05, 0) is 18.1 Å². The molecule has 0 saturated heterocycles. The number of isocyanates is 1. The van der Waals surface area contributed by atoms with E-state index >= 15 is 0 Å². The summed E-state index contributed by atoms with van der Waals surface area (Å²) in [6, 6.07) is 3.79. The monoisotopic (exact) mass is 235 g/mol. The predicted molar refractivity (Wildman–Crippen MR) is 65.5 cm³/mol. The van der Waals surface area contributed by atoms with Crippen LogP contribution < -0.4 is 9.47 Å². The van der Waals surface area contributed by atoms with Crippen LogP contribution in [0.2, 0.25) is 0 Å². The van der Waals surface area contributed by atoms with Crippen LogP contribution in [-0.2, 0) is 11.3 Å². The molecule has 1 rings (SSSR count). The molecular weight excluding hydrogens is 218 g/mol. The fourth-order valence-electron chi connectivity index (χ4n) is 1.68. The highest BCUT2D eigenvalue weighted by molar-refractivity contribution is 5.48. The molecule has 4 nitrogen and oxygen atoms in total. The number of nitrogens with zero attached hydrogens (tertiary/aromatic N) is 1. The van der Waals surface area contributed by atoms with Crippen LogP contribution in [0.25, 0.3) is 0 Å². The van der Waals surface area contributed by atoms with E-state index < -0.39 is 0 Å². The first-order chi connectivity index (χ1) is 8.13. The maximum atomic E-state index is 10.1. The number of carbonyl (C=O) groups excluding carboxylic acids is 1. The number of hydrogen-bond acceptors (Lipinski definition) is 4. The maximum absolute atomic E-state index is 10.1. The van der Waals surface area contributed by atoms with Crippen molar-refractivity contribution in [2.45, 2.75) is 26.3 Å². The zero-order valence-corrected chi connectivity index (χ0v) is 10.6. The summed E-state index contributed by atoms with van der Waals surface area (Å²) in [5, 5.41) is 0. The second-order valence-corrected chi connectivity index (χ2v) is 3.97. The Morgan fingerprint density at radius 1 is 1.24 bits per heavy atom. The molecule has 0 aliphatic rings. The van der Waals surface area contributed by atoms with Gasteiger partial charge in [0.05, 0.1) is 20.8 Å². The average Bonchev–Trinajstić information content (AvgIpc) is 2.34. The lowest BCUT2D eigenvalue weighted by molar-refractivity contribution is 0.393. The molecule has 0 saturated carbocycles. The van der Waals surface area contributed by atoms with E-state index in [0.29, 0.717) is 11.7 Å². The Morgan fingerprint density at radius 2 is 1.88 bits per heavy atom. The molecule has 92 valence electrons. The Morgan fingerprint density at radius 3 is 2.35 bits per heavy atom. The van der Waals surface area contributed by atoms with Crippen molar-refractivity contribution in [3.05, 3.63) is 23.3 Å². The lowest BCUT2D eigenvalue weighted by Gasteiger charge is -2.15. The van der Waals surface area contributed by atoms with E-state index in [-0.39, 0.29) is 6.54 Å². The van der Waals surface area contributed by atoms with Gasteiger partial charge in [0, 0.05) is 11.1 Å². The zero-order valence-electron chi connectivity index (χ0n) is 10.6. The van der Waals surface area contributed by atoms with E-state index in [1.807, 2.05) is 12.1 Å². The minimum absolute atomic E-state index is 0.251. The molecule has 0 aliphatic heterocycles. The molecule has 0 atom stereocenters. The van der Waals surface area contributed by atoms with Gasteiger partial charge in [-0.3, -0.25) is 0 Å². The quantitative estimate of drug-likeness (QED) is 0.582. The molecule has 4 heteroatoms. The molecule has 0 fully saturated rings. The highest BCUT2D eigenvalue weighted by atomic mass is 16.5. The van der Waals surface area contributed by atoms with Crippen LogP contribution in [0.1, 0.15) is 30.9 Å². The van der Waals surface area contributed by atoms with Gasteiger partial charge in [0.15, 0.2) is 0 Å². The van der Waals surface area contributed by atoms with Gasteiger partial charge in [0.2, 0.25) is 6.08 Å². The first kappa shape index (κ1) is 13.3. The zero-order chi connectivity index (χ0) is 12.8. The Kier molecular flexibility index (Phi) is 4.73. The Hall–Kier alpha value is -1.80. The number of hydrogen-bond donors (Lipinski definition) is 0. The van der Waals surface area contributed by atoms with E-state index in [9.17, 15) is 4.79 Å². The molecule has 0 amide bonds. The SMILES string of the molecule is COc1cc(C(C)C)c(OC)cc1CN=C=O. The van der Waals surface area contributed by atoms with Crippen molar-refractivity contribution in [3.8, 4) is 11.5 Å². The second-order valence-electron chi connectivity index (χ2n) is 3.97. The van der Waals surface area contributed by atoms with Crippen molar-refractivity contribution in [1.82, 2.24) is 0 Å². The molecule has 0 radical (unpaired) electrons. The summed E-state index contributed by atoms with van der Waals surface area (Å²) in [6.45, 7) is 4.42. The van der Waals surface area contributed by atoms with Crippen molar-refractivity contribution < 1.29 is 14.3 Å². The summed E-state index contributed by atoms with van der Waals surface area (Å²) in [4.78, 5) is 13.7. The van der Waals surface area contributed by atoms with Crippen molar-refractivity contribution in [1.29, 1.82) is 0 Å². The molecule has 17 heavy (non-hydrogen) atoms.